The van der Waals surface area contributed by atoms with Gasteiger partial charge in [0.2, 0.25) is 11.8 Å². The van der Waals surface area contributed by atoms with Crippen LogP contribution in [0.25, 0.3) is 21.6 Å². The number of hydrogen-bond donors (Lipinski definition) is 3. The summed E-state index contributed by atoms with van der Waals surface area (Å²) in [6.45, 7) is 0.502. The second-order valence-electron chi connectivity index (χ2n) is 8.54. The number of nitrogen functional groups attached to an aromatic ring is 1. The molecule has 0 fully saturated rings. The Hall–Kier alpha value is -3.87. The number of thiazole rings is 1. The van der Waals surface area contributed by atoms with Crippen molar-refractivity contribution in [2.45, 2.75) is 16.0 Å². The number of thioether (sulfide) groups is 2. The molecule has 12 heteroatoms. The van der Waals surface area contributed by atoms with E-state index in [4.69, 9.17) is 5.73 Å². The van der Waals surface area contributed by atoms with Crippen LogP contribution in [0.2, 0.25) is 0 Å². The number of fused-ring (bicyclic) bond motifs is 1. The van der Waals surface area contributed by atoms with E-state index in [2.05, 4.69) is 25.8 Å². The van der Waals surface area contributed by atoms with Crippen molar-refractivity contribution in [3.8, 4) is 11.4 Å². The van der Waals surface area contributed by atoms with Crippen molar-refractivity contribution < 1.29 is 9.59 Å². The number of amides is 2. The van der Waals surface area contributed by atoms with Gasteiger partial charge in [-0.15, -0.1) is 21.5 Å². The average Bonchev–Trinajstić information content (AvgIpc) is 3.53. The van der Waals surface area contributed by atoms with E-state index in [-0.39, 0.29) is 23.3 Å². The minimum atomic E-state index is -0.148. The van der Waals surface area contributed by atoms with E-state index in [1.54, 1.807) is 0 Å². The normalized spacial score (nSPS) is 11.0. The van der Waals surface area contributed by atoms with Gasteiger partial charge in [-0.2, -0.15) is 0 Å². The van der Waals surface area contributed by atoms with E-state index in [0.717, 1.165) is 25.7 Å². The Morgan fingerprint density at radius 2 is 1.72 bits per heavy atom. The predicted octanol–water partition coefficient (Wildman–Crippen LogP) is 4.81. The summed E-state index contributed by atoms with van der Waals surface area (Å²) < 4.78 is 3.60. The molecule has 198 valence electrons. The van der Waals surface area contributed by atoms with Gasteiger partial charge in [-0.1, -0.05) is 53.9 Å². The lowest BCUT2D eigenvalue weighted by molar-refractivity contribution is -0.118. The Morgan fingerprint density at radius 1 is 0.949 bits per heavy atom. The van der Waals surface area contributed by atoms with E-state index < -0.39 is 0 Å². The fourth-order valence-electron chi connectivity index (χ4n) is 3.67. The van der Waals surface area contributed by atoms with Crippen molar-refractivity contribution in [2.24, 2.45) is 7.05 Å². The van der Waals surface area contributed by atoms with E-state index in [1.165, 1.54) is 34.9 Å². The molecule has 0 spiro atoms. The summed E-state index contributed by atoms with van der Waals surface area (Å²) in [7, 11) is 1.87. The molecule has 39 heavy (non-hydrogen) atoms. The first kappa shape index (κ1) is 26.7. The Kier molecular flexibility index (Phi) is 8.45. The second kappa shape index (κ2) is 12.3. The first-order chi connectivity index (χ1) is 18.9. The first-order valence-electron chi connectivity index (χ1n) is 12.0. The largest absolute Gasteiger partial charge is 0.399 e. The third kappa shape index (κ3) is 6.96. The zero-order valence-electron chi connectivity index (χ0n) is 21.0. The molecule has 0 radical (unpaired) electrons. The summed E-state index contributed by atoms with van der Waals surface area (Å²) in [6, 6.07) is 22.8. The summed E-state index contributed by atoms with van der Waals surface area (Å²) in [6.07, 6.45) is 0. The molecule has 0 bridgehead atoms. The Labute approximate surface area is 237 Å². The van der Waals surface area contributed by atoms with Crippen LogP contribution in [0.1, 0.15) is 5.56 Å². The number of carbonyl (C=O) groups excluding carboxylic acids is 2. The maximum atomic E-state index is 12.6. The van der Waals surface area contributed by atoms with Crippen LogP contribution >= 0.6 is 34.9 Å². The van der Waals surface area contributed by atoms with E-state index >= 15 is 0 Å². The van der Waals surface area contributed by atoms with Gasteiger partial charge in [0.05, 0.1) is 21.7 Å². The molecule has 2 aromatic heterocycles. The number of aromatic nitrogens is 4. The molecule has 9 nitrogen and oxygen atoms in total. The molecule has 4 N–H and O–H groups in total. The Bertz CT molecular complexity index is 1600. The molecule has 0 saturated heterocycles. The van der Waals surface area contributed by atoms with Crippen molar-refractivity contribution >= 4 is 68.3 Å². The predicted molar refractivity (Wildman–Crippen MR) is 159 cm³/mol. The van der Waals surface area contributed by atoms with Crippen LogP contribution in [-0.2, 0) is 23.2 Å². The van der Waals surface area contributed by atoms with Crippen molar-refractivity contribution in [2.75, 3.05) is 22.6 Å². The molecule has 0 unspecified atom stereocenters. The van der Waals surface area contributed by atoms with E-state index in [1.807, 2.05) is 84.4 Å². The van der Waals surface area contributed by atoms with Crippen LogP contribution in [0.3, 0.4) is 0 Å². The molecule has 0 aliphatic carbocycles. The van der Waals surface area contributed by atoms with Gasteiger partial charge in [0.15, 0.2) is 15.3 Å². The highest BCUT2D eigenvalue weighted by atomic mass is 32.2. The molecule has 0 aliphatic heterocycles. The smallest absolute Gasteiger partial charge is 0.234 e. The van der Waals surface area contributed by atoms with E-state index in [0.29, 0.717) is 28.9 Å². The van der Waals surface area contributed by atoms with Gasteiger partial charge in [0.25, 0.3) is 0 Å². The van der Waals surface area contributed by atoms with Crippen LogP contribution in [0.15, 0.2) is 82.3 Å². The monoisotopic (exact) mass is 575 g/mol. The number of anilines is 2. The quantitative estimate of drug-likeness (QED) is 0.160. The SMILES string of the molecule is Cn1c(SCC(=O)Nc2ccc3nc(SCC(=O)NCc4ccccc4)sc3c2)nnc1-c1ccc(N)cc1. The highest BCUT2D eigenvalue weighted by Gasteiger charge is 2.14. The van der Waals surface area contributed by atoms with Gasteiger partial charge in [-0.05, 0) is 48.0 Å². The lowest BCUT2D eigenvalue weighted by Crippen LogP contribution is -2.24. The van der Waals surface area contributed by atoms with Crippen LogP contribution in [-0.4, -0.2) is 43.1 Å². The van der Waals surface area contributed by atoms with Gasteiger partial charge < -0.3 is 20.9 Å². The van der Waals surface area contributed by atoms with Gasteiger partial charge >= 0.3 is 0 Å². The van der Waals surface area contributed by atoms with E-state index in [9.17, 15) is 9.59 Å². The van der Waals surface area contributed by atoms with Crippen LogP contribution in [0.5, 0.6) is 0 Å². The molecule has 2 heterocycles. The van der Waals surface area contributed by atoms with Gasteiger partial charge in [-0.3, -0.25) is 9.59 Å². The number of hydrogen-bond acceptors (Lipinski definition) is 9. The number of benzene rings is 3. The maximum absolute atomic E-state index is 12.6. The van der Waals surface area contributed by atoms with Crippen molar-refractivity contribution in [1.29, 1.82) is 0 Å². The Morgan fingerprint density at radius 3 is 2.51 bits per heavy atom. The minimum Gasteiger partial charge on any atom is -0.399 e. The highest BCUT2D eigenvalue weighted by Crippen LogP contribution is 2.31. The zero-order chi connectivity index (χ0) is 27.2. The summed E-state index contributed by atoms with van der Waals surface area (Å²) in [5, 5.41) is 15.0. The number of nitrogens with two attached hydrogens (primary N) is 1. The summed E-state index contributed by atoms with van der Waals surface area (Å²) in [5.74, 6) is 0.988. The molecule has 0 saturated carbocycles. The maximum Gasteiger partial charge on any atom is 0.234 e. The molecule has 0 atom stereocenters. The third-order valence-corrected chi connectivity index (χ3v) is 8.83. The van der Waals surface area contributed by atoms with Crippen LogP contribution in [0.4, 0.5) is 11.4 Å². The standard InChI is InChI=1S/C27H25N7O2S3/c1-34-25(18-7-9-19(28)10-8-18)32-33-26(34)37-16-24(36)30-20-11-12-21-22(13-20)39-27(31-21)38-15-23(35)29-14-17-5-3-2-4-6-17/h2-13H,14-16,28H2,1H3,(H,29,35)(H,30,36). The lowest BCUT2D eigenvalue weighted by atomic mass is 10.2. The van der Waals surface area contributed by atoms with Crippen LogP contribution < -0.4 is 16.4 Å². The molecular formula is C27H25N7O2S3. The Balaban J connectivity index is 1.12. The summed E-state index contributed by atoms with van der Waals surface area (Å²) >= 11 is 4.21. The fraction of sp³-hybridized carbons (Fsp3) is 0.148. The lowest BCUT2D eigenvalue weighted by Gasteiger charge is -2.06. The number of nitrogens with one attached hydrogen (secondary N) is 2. The highest BCUT2D eigenvalue weighted by molar-refractivity contribution is 8.01. The van der Waals surface area contributed by atoms with Crippen molar-refractivity contribution in [3.05, 3.63) is 78.4 Å². The molecule has 0 aliphatic rings. The zero-order valence-corrected chi connectivity index (χ0v) is 23.4. The van der Waals surface area contributed by atoms with Gasteiger partial charge in [0, 0.05) is 30.5 Å². The third-order valence-electron chi connectivity index (χ3n) is 5.65. The summed E-state index contributed by atoms with van der Waals surface area (Å²) in [5.41, 5.74) is 9.92. The average molecular weight is 576 g/mol. The van der Waals surface area contributed by atoms with Crippen molar-refractivity contribution in [3.63, 3.8) is 0 Å². The number of rotatable bonds is 10. The fourth-order valence-corrected chi connectivity index (χ4v) is 6.32. The molecule has 2 amide bonds. The minimum absolute atomic E-state index is 0.0444. The van der Waals surface area contributed by atoms with Gasteiger partial charge in [0.1, 0.15) is 0 Å². The molecule has 3 aromatic carbocycles. The first-order valence-corrected chi connectivity index (χ1v) is 14.8. The van der Waals surface area contributed by atoms with Crippen LogP contribution in [0, 0.1) is 0 Å². The van der Waals surface area contributed by atoms with Crippen molar-refractivity contribution in [1.82, 2.24) is 25.1 Å². The van der Waals surface area contributed by atoms with Gasteiger partial charge in [-0.25, -0.2) is 4.98 Å². The molecule has 5 rings (SSSR count). The number of carbonyl (C=O) groups is 2. The molecular weight excluding hydrogens is 551 g/mol. The summed E-state index contributed by atoms with van der Waals surface area (Å²) in [4.78, 5) is 29.5. The topological polar surface area (TPSA) is 128 Å². The number of nitrogens with zero attached hydrogens (tertiary/aromatic N) is 4. The molecule has 5 aromatic rings. The second-order valence-corrected chi connectivity index (χ2v) is 11.7.